The van der Waals surface area contributed by atoms with Gasteiger partial charge in [0, 0.05) is 43.3 Å². The van der Waals surface area contributed by atoms with E-state index >= 15 is 0 Å². The van der Waals surface area contributed by atoms with Gasteiger partial charge in [-0.2, -0.15) is 17.0 Å². The molecule has 118 valence electrons. The number of nitrogens with two attached hydrogens (primary N) is 1. The van der Waals surface area contributed by atoms with Crippen molar-refractivity contribution in [1.82, 2.24) is 8.61 Å². The van der Waals surface area contributed by atoms with E-state index in [1.807, 2.05) is 6.92 Å². The van der Waals surface area contributed by atoms with E-state index in [0.29, 0.717) is 6.54 Å². The smallest absolute Gasteiger partial charge is 0.282 e. The first-order valence-electron chi connectivity index (χ1n) is 6.63. The highest BCUT2D eigenvalue weighted by Gasteiger charge is 2.36. The topological polar surface area (TPSA) is 66.6 Å². The second-order valence-corrected chi connectivity index (χ2v) is 7.86. The molecule has 1 aliphatic rings. The molecule has 2 rings (SSSR count). The molecule has 21 heavy (non-hydrogen) atoms. The first-order chi connectivity index (χ1) is 9.73. The van der Waals surface area contributed by atoms with E-state index in [2.05, 4.69) is 0 Å². The lowest BCUT2D eigenvalue weighted by Crippen LogP contribution is -2.41. The average Bonchev–Trinajstić information content (AvgIpc) is 2.74. The minimum atomic E-state index is -3.67. The Labute approximate surface area is 129 Å². The molecule has 1 saturated heterocycles. The first-order valence-corrected chi connectivity index (χ1v) is 8.41. The van der Waals surface area contributed by atoms with Crippen LogP contribution in [0.3, 0.4) is 0 Å². The minimum Gasteiger partial charge on any atom is -0.326 e. The quantitative estimate of drug-likeness (QED) is 0.905. The van der Waals surface area contributed by atoms with Gasteiger partial charge in [-0.3, -0.25) is 0 Å². The number of hydrogen-bond donors (Lipinski definition) is 1. The molecule has 1 aromatic rings. The third-order valence-corrected chi connectivity index (χ3v) is 6.02. The molecule has 2 atom stereocenters. The molecule has 1 aliphatic heterocycles. The Morgan fingerprint density at radius 1 is 1.48 bits per heavy atom. The number of nitrogens with zero attached hydrogens (tertiary/aromatic N) is 2. The van der Waals surface area contributed by atoms with Gasteiger partial charge in [0.05, 0.1) is 0 Å². The average molecular weight is 336 g/mol. The van der Waals surface area contributed by atoms with Crippen molar-refractivity contribution < 1.29 is 12.8 Å². The van der Waals surface area contributed by atoms with Crippen molar-refractivity contribution in [2.75, 3.05) is 20.1 Å². The summed E-state index contributed by atoms with van der Waals surface area (Å²) in [5.74, 6) is -0.415. The van der Waals surface area contributed by atoms with Crippen molar-refractivity contribution >= 4 is 21.8 Å². The van der Waals surface area contributed by atoms with E-state index < -0.39 is 16.0 Å². The molecule has 0 aromatic heterocycles. The Kier molecular flexibility index (Phi) is 4.89. The van der Waals surface area contributed by atoms with Crippen LogP contribution in [0, 0.1) is 11.7 Å². The third kappa shape index (κ3) is 3.37. The summed E-state index contributed by atoms with van der Waals surface area (Å²) in [7, 11) is -2.27. The molecular weight excluding hydrogens is 317 g/mol. The van der Waals surface area contributed by atoms with Gasteiger partial charge < -0.3 is 5.73 Å². The molecule has 5 nitrogen and oxygen atoms in total. The summed E-state index contributed by atoms with van der Waals surface area (Å²) in [6.45, 7) is 2.44. The van der Waals surface area contributed by atoms with E-state index in [1.165, 1.54) is 29.6 Å². The fourth-order valence-electron chi connectivity index (χ4n) is 2.32. The van der Waals surface area contributed by atoms with Crippen LogP contribution in [0.4, 0.5) is 4.39 Å². The zero-order chi connectivity index (χ0) is 15.8. The first kappa shape index (κ1) is 16.6. The molecule has 2 N–H and O–H groups in total. The van der Waals surface area contributed by atoms with Gasteiger partial charge >= 0.3 is 0 Å². The normalized spacial score (nSPS) is 23.9. The Hall–Kier alpha value is -0.730. The Balaban J connectivity index is 2.18. The van der Waals surface area contributed by atoms with Crippen LogP contribution in [0.5, 0.6) is 0 Å². The summed E-state index contributed by atoms with van der Waals surface area (Å²) in [6.07, 6.45) is 0. The van der Waals surface area contributed by atoms with E-state index in [-0.39, 0.29) is 35.6 Å². The van der Waals surface area contributed by atoms with Crippen LogP contribution in [0.2, 0.25) is 5.02 Å². The summed E-state index contributed by atoms with van der Waals surface area (Å²) >= 11 is 5.93. The van der Waals surface area contributed by atoms with Crippen LogP contribution in [0.25, 0.3) is 0 Å². The highest BCUT2D eigenvalue weighted by molar-refractivity contribution is 7.86. The zero-order valence-corrected chi connectivity index (χ0v) is 13.5. The van der Waals surface area contributed by atoms with E-state index in [1.54, 1.807) is 0 Å². The van der Waals surface area contributed by atoms with Crippen LogP contribution in [0.15, 0.2) is 18.2 Å². The second-order valence-electron chi connectivity index (χ2n) is 5.42. The van der Waals surface area contributed by atoms with Gasteiger partial charge in [0.25, 0.3) is 10.2 Å². The Morgan fingerprint density at radius 2 is 2.14 bits per heavy atom. The Bertz CT molecular complexity index is 596. The number of rotatable bonds is 4. The molecule has 1 aromatic carbocycles. The molecule has 0 aliphatic carbocycles. The summed E-state index contributed by atoms with van der Waals surface area (Å²) in [6, 6.07) is 4.10. The lowest BCUT2D eigenvalue weighted by Gasteiger charge is -2.24. The summed E-state index contributed by atoms with van der Waals surface area (Å²) in [4.78, 5) is 0. The summed E-state index contributed by atoms with van der Waals surface area (Å²) in [5.41, 5.74) is 6.03. The number of halogens is 2. The van der Waals surface area contributed by atoms with Crippen molar-refractivity contribution in [2.45, 2.75) is 19.5 Å². The lowest BCUT2D eigenvalue weighted by atomic mass is 10.1. The molecule has 0 spiro atoms. The maximum Gasteiger partial charge on any atom is 0.282 e. The molecular formula is C13H19ClFN3O2S. The number of hydrogen-bond acceptors (Lipinski definition) is 3. The van der Waals surface area contributed by atoms with E-state index in [9.17, 15) is 12.8 Å². The van der Waals surface area contributed by atoms with Crippen LogP contribution in [0.1, 0.15) is 12.5 Å². The molecule has 1 heterocycles. The maximum atomic E-state index is 13.8. The van der Waals surface area contributed by atoms with Gasteiger partial charge in [-0.25, -0.2) is 4.39 Å². The second kappa shape index (κ2) is 6.18. The van der Waals surface area contributed by atoms with Gasteiger partial charge in [0.2, 0.25) is 0 Å². The maximum absolute atomic E-state index is 13.8. The SMILES string of the molecule is CC1CN(S(=O)(=O)N(C)Cc2c(F)cccc2Cl)CC1N. The van der Waals surface area contributed by atoms with Crippen molar-refractivity contribution in [2.24, 2.45) is 11.7 Å². The monoisotopic (exact) mass is 335 g/mol. The van der Waals surface area contributed by atoms with Gasteiger partial charge in [0.15, 0.2) is 0 Å². The van der Waals surface area contributed by atoms with Crippen molar-refractivity contribution in [1.29, 1.82) is 0 Å². The predicted octanol–water partition coefficient (Wildman–Crippen LogP) is 1.43. The molecule has 0 radical (unpaired) electrons. The Morgan fingerprint density at radius 3 is 2.67 bits per heavy atom. The summed E-state index contributed by atoms with van der Waals surface area (Å²) < 4.78 is 41.2. The standard InChI is InChI=1S/C13H19ClFN3O2S/c1-9-6-18(8-13(9)16)21(19,20)17(2)7-10-11(14)4-3-5-12(10)15/h3-5,9,13H,6-8,16H2,1-2H3. The third-order valence-electron chi connectivity index (χ3n) is 3.80. The number of benzene rings is 1. The molecule has 8 heteroatoms. The molecule has 0 amide bonds. The fraction of sp³-hybridized carbons (Fsp3) is 0.538. The predicted molar refractivity (Wildman–Crippen MR) is 80.5 cm³/mol. The van der Waals surface area contributed by atoms with Gasteiger partial charge in [0.1, 0.15) is 5.82 Å². The highest BCUT2D eigenvalue weighted by Crippen LogP contribution is 2.24. The van der Waals surface area contributed by atoms with Crippen LogP contribution in [-0.2, 0) is 16.8 Å². The van der Waals surface area contributed by atoms with E-state index in [0.717, 1.165) is 4.31 Å². The van der Waals surface area contributed by atoms with Crippen molar-refractivity contribution in [3.05, 3.63) is 34.6 Å². The van der Waals surface area contributed by atoms with E-state index in [4.69, 9.17) is 17.3 Å². The van der Waals surface area contributed by atoms with Gasteiger partial charge in [-0.05, 0) is 18.1 Å². The largest absolute Gasteiger partial charge is 0.326 e. The van der Waals surface area contributed by atoms with Crippen LogP contribution >= 0.6 is 11.6 Å². The van der Waals surface area contributed by atoms with Crippen LogP contribution < -0.4 is 5.73 Å². The molecule has 2 unspecified atom stereocenters. The minimum absolute atomic E-state index is 0.102. The lowest BCUT2D eigenvalue weighted by molar-refractivity contribution is 0.382. The summed E-state index contributed by atoms with van der Waals surface area (Å²) in [5, 5.41) is 0.212. The van der Waals surface area contributed by atoms with Crippen molar-refractivity contribution in [3.63, 3.8) is 0 Å². The molecule has 0 bridgehead atoms. The van der Waals surface area contributed by atoms with Crippen molar-refractivity contribution in [3.8, 4) is 0 Å². The van der Waals surface area contributed by atoms with Crippen LogP contribution in [-0.4, -0.2) is 43.2 Å². The van der Waals surface area contributed by atoms with Gasteiger partial charge in [-0.1, -0.05) is 24.6 Å². The molecule has 1 fully saturated rings. The van der Waals surface area contributed by atoms with Gasteiger partial charge in [-0.15, -0.1) is 0 Å². The molecule has 0 saturated carbocycles. The zero-order valence-electron chi connectivity index (χ0n) is 12.0. The highest BCUT2D eigenvalue weighted by atomic mass is 35.5. The fourth-order valence-corrected chi connectivity index (χ4v) is 4.01.